The lowest BCUT2D eigenvalue weighted by Crippen LogP contribution is -2.37. The number of halogens is 1. The Labute approximate surface area is 164 Å². The summed E-state index contributed by atoms with van der Waals surface area (Å²) in [6.07, 6.45) is 4.50. The van der Waals surface area contributed by atoms with E-state index in [1.807, 2.05) is 37.3 Å². The normalized spacial score (nSPS) is 20.0. The first-order chi connectivity index (χ1) is 12.5. The maximum absolute atomic E-state index is 12.5. The van der Waals surface area contributed by atoms with E-state index in [-0.39, 0.29) is 11.9 Å². The Kier molecular flexibility index (Phi) is 6.60. The third-order valence-corrected chi connectivity index (χ3v) is 6.63. The topological polar surface area (TPSA) is 42.0 Å². The highest BCUT2D eigenvalue weighted by Crippen LogP contribution is 2.31. The molecule has 5 heteroatoms. The van der Waals surface area contributed by atoms with Gasteiger partial charge in [0, 0.05) is 16.7 Å². The largest absolute Gasteiger partial charge is 0.348 e. The van der Waals surface area contributed by atoms with Crippen molar-refractivity contribution in [2.24, 2.45) is 5.92 Å². The van der Waals surface area contributed by atoms with Gasteiger partial charge in [0.05, 0.1) is 10.7 Å². The molecule has 3 rings (SSSR count). The molecule has 1 heterocycles. The maximum Gasteiger partial charge on any atom is 0.270 e. The predicted molar refractivity (Wildman–Crippen MR) is 109 cm³/mol. The smallest absolute Gasteiger partial charge is 0.270 e. The number of hydrogen-bond acceptors (Lipinski definition) is 3. The molecule has 3 nitrogen and oxygen atoms in total. The van der Waals surface area contributed by atoms with Crippen molar-refractivity contribution in [3.8, 4) is 0 Å². The van der Waals surface area contributed by atoms with Crippen LogP contribution in [-0.2, 0) is 5.75 Å². The number of benzene rings is 1. The fraction of sp³-hybridized carbons (Fsp3) is 0.429. The first kappa shape index (κ1) is 19.2. The first-order valence-electron chi connectivity index (χ1n) is 9.17. The molecular weight excluding hydrogens is 364 g/mol. The monoisotopic (exact) mass is 388 g/mol. The van der Waals surface area contributed by atoms with Gasteiger partial charge in [-0.2, -0.15) is 0 Å². The zero-order valence-corrected chi connectivity index (χ0v) is 16.9. The summed E-state index contributed by atoms with van der Waals surface area (Å²) in [5, 5.41) is 3.93. The zero-order valence-electron chi connectivity index (χ0n) is 15.3. The molecule has 1 N–H and O–H groups in total. The van der Waals surface area contributed by atoms with Gasteiger partial charge in [-0.1, -0.05) is 36.7 Å². The number of carbonyl (C=O) groups excluding carboxylic acids is 1. The van der Waals surface area contributed by atoms with Crippen molar-refractivity contribution in [2.45, 2.75) is 56.2 Å². The molecule has 1 aromatic carbocycles. The highest BCUT2D eigenvalue weighted by atomic mass is 35.5. The van der Waals surface area contributed by atoms with Crippen LogP contribution in [0.1, 0.15) is 54.4 Å². The van der Waals surface area contributed by atoms with E-state index in [1.165, 1.54) is 12.8 Å². The molecule has 138 valence electrons. The molecule has 1 aliphatic rings. The lowest BCUT2D eigenvalue weighted by atomic mass is 9.87. The fourth-order valence-electron chi connectivity index (χ4n) is 3.23. The van der Waals surface area contributed by atoms with Gasteiger partial charge in [0.2, 0.25) is 0 Å². The molecule has 0 spiro atoms. The van der Waals surface area contributed by atoms with Crippen LogP contribution in [0.5, 0.6) is 0 Å². The van der Waals surface area contributed by atoms with Crippen molar-refractivity contribution in [1.82, 2.24) is 10.3 Å². The van der Waals surface area contributed by atoms with Gasteiger partial charge in [0.15, 0.2) is 0 Å². The van der Waals surface area contributed by atoms with Crippen molar-refractivity contribution in [3.05, 3.63) is 58.4 Å². The van der Waals surface area contributed by atoms with Crippen molar-refractivity contribution >= 4 is 29.3 Å². The molecule has 0 bridgehead atoms. The molecule has 1 aliphatic carbocycles. The minimum Gasteiger partial charge on any atom is -0.348 e. The van der Waals surface area contributed by atoms with Crippen LogP contribution in [0.15, 0.2) is 41.3 Å². The molecule has 1 amide bonds. The summed E-state index contributed by atoms with van der Waals surface area (Å²) in [6.45, 7) is 4.28. The van der Waals surface area contributed by atoms with Crippen molar-refractivity contribution in [3.63, 3.8) is 0 Å². The molecule has 0 radical (unpaired) electrons. The minimum absolute atomic E-state index is 0.0648. The fourth-order valence-corrected chi connectivity index (χ4v) is 4.45. The summed E-state index contributed by atoms with van der Waals surface area (Å²) in [7, 11) is 0. The molecular formula is C21H25ClN2OS. The van der Waals surface area contributed by atoms with Gasteiger partial charge in [-0.15, -0.1) is 11.8 Å². The zero-order chi connectivity index (χ0) is 18.5. The van der Waals surface area contributed by atoms with E-state index in [0.29, 0.717) is 11.4 Å². The van der Waals surface area contributed by atoms with Crippen LogP contribution in [0.25, 0.3) is 0 Å². The summed E-state index contributed by atoms with van der Waals surface area (Å²) in [4.78, 5) is 18.1. The lowest BCUT2D eigenvalue weighted by molar-refractivity contribution is 0.0917. The van der Waals surface area contributed by atoms with Gasteiger partial charge in [-0.05, 0) is 62.3 Å². The second kappa shape index (κ2) is 8.92. The number of carbonyl (C=O) groups is 1. The van der Waals surface area contributed by atoms with Crippen LogP contribution in [0.4, 0.5) is 0 Å². The van der Waals surface area contributed by atoms with Crippen LogP contribution in [0.3, 0.4) is 0 Å². The van der Waals surface area contributed by atoms with Crippen LogP contribution >= 0.6 is 23.4 Å². The highest BCUT2D eigenvalue weighted by molar-refractivity contribution is 7.98. The third kappa shape index (κ3) is 5.01. The van der Waals surface area contributed by atoms with E-state index in [9.17, 15) is 4.79 Å². The van der Waals surface area contributed by atoms with Crippen LogP contribution in [0.2, 0.25) is 5.02 Å². The Bertz CT molecular complexity index is 772. The summed E-state index contributed by atoms with van der Waals surface area (Å²) in [5.74, 6) is 1.39. The van der Waals surface area contributed by atoms with Gasteiger partial charge in [0.25, 0.3) is 5.91 Å². The average molecular weight is 389 g/mol. The minimum atomic E-state index is -0.0648. The quantitative estimate of drug-likeness (QED) is 0.673. The van der Waals surface area contributed by atoms with Gasteiger partial charge in [0.1, 0.15) is 5.69 Å². The lowest BCUT2D eigenvalue weighted by Gasteiger charge is -2.26. The van der Waals surface area contributed by atoms with Gasteiger partial charge < -0.3 is 5.32 Å². The molecule has 0 aliphatic heterocycles. The van der Waals surface area contributed by atoms with Crippen LogP contribution in [-0.4, -0.2) is 16.9 Å². The summed E-state index contributed by atoms with van der Waals surface area (Å²) in [6, 6.07) is 11.9. The molecule has 2 aromatic rings. The summed E-state index contributed by atoms with van der Waals surface area (Å²) in [5.41, 5.74) is 2.45. The summed E-state index contributed by atoms with van der Waals surface area (Å²) >= 11 is 8.00. The molecule has 1 saturated carbocycles. The molecule has 0 atom stereocenters. The number of rotatable bonds is 5. The Morgan fingerprint density at radius 3 is 2.69 bits per heavy atom. The number of aromatic nitrogens is 1. The second-order valence-electron chi connectivity index (χ2n) is 7.12. The standard InChI is InChI=1S/C21H25ClN2OS/c1-14-9-11-16(12-10-14)24-21(25)18-7-4-6-17(23-18)13-26-19-8-3-5-15(2)20(19)22/h3-8,14,16H,9-13H2,1-2H3,(H,24,25). The van der Waals surface area contributed by atoms with Gasteiger partial charge >= 0.3 is 0 Å². The van der Waals surface area contributed by atoms with E-state index in [2.05, 4.69) is 17.2 Å². The third-order valence-electron chi connectivity index (χ3n) is 4.92. The van der Waals surface area contributed by atoms with Crippen molar-refractivity contribution in [2.75, 3.05) is 0 Å². The Morgan fingerprint density at radius 2 is 1.92 bits per heavy atom. The van der Waals surface area contributed by atoms with E-state index in [4.69, 9.17) is 11.6 Å². The van der Waals surface area contributed by atoms with E-state index >= 15 is 0 Å². The molecule has 0 saturated heterocycles. The number of aryl methyl sites for hydroxylation is 1. The molecule has 0 unspecified atom stereocenters. The first-order valence-corrected chi connectivity index (χ1v) is 10.5. The number of amides is 1. The number of hydrogen-bond donors (Lipinski definition) is 1. The molecule has 26 heavy (non-hydrogen) atoms. The Balaban J connectivity index is 1.60. The van der Waals surface area contributed by atoms with E-state index in [0.717, 1.165) is 39.9 Å². The Morgan fingerprint density at radius 1 is 1.19 bits per heavy atom. The summed E-state index contributed by atoms with van der Waals surface area (Å²) < 4.78 is 0. The van der Waals surface area contributed by atoms with Gasteiger partial charge in [-0.25, -0.2) is 4.98 Å². The van der Waals surface area contributed by atoms with E-state index < -0.39 is 0 Å². The number of nitrogens with one attached hydrogen (secondary N) is 1. The van der Waals surface area contributed by atoms with Crippen molar-refractivity contribution < 1.29 is 4.79 Å². The second-order valence-corrected chi connectivity index (χ2v) is 8.52. The van der Waals surface area contributed by atoms with Crippen LogP contribution < -0.4 is 5.32 Å². The number of thioether (sulfide) groups is 1. The SMILES string of the molecule is Cc1cccc(SCc2cccc(C(=O)NC3CCC(C)CC3)n2)c1Cl. The van der Waals surface area contributed by atoms with Gasteiger partial charge in [-0.3, -0.25) is 4.79 Å². The average Bonchev–Trinajstić information content (AvgIpc) is 2.65. The van der Waals surface area contributed by atoms with E-state index in [1.54, 1.807) is 17.8 Å². The molecule has 1 fully saturated rings. The predicted octanol–water partition coefficient (Wildman–Crippen LogP) is 5.64. The highest BCUT2D eigenvalue weighted by Gasteiger charge is 2.20. The molecule has 1 aromatic heterocycles. The van der Waals surface area contributed by atoms with Crippen molar-refractivity contribution in [1.29, 1.82) is 0 Å². The van der Waals surface area contributed by atoms with Crippen LogP contribution in [0, 0.1) is 12.8 Å². The Hall–Kier alpha value is -1.52. The number of pyridine rings is 1. The number of nitrogens with zero attached hydrogens (tertiary/aromatic N) is 1. The maximum atomic E-state index is 12.5.